The monoisotopic (exact) mass is 639 g/mol. The van der Waals surface area contributed by atoms with Crippen molar-refractivity contribution in [1.29, 1.82) is 0 Å². The summed E-state index contributed by atoms with van der Waals surface area (Å²) in [5.74, 6) is -0.483. The summed E-state index contributed by atoms with van der Waals surface area (Å²) >= 11 is 13.3. The van der Waals surface area contributed by atoms with Gasteiger partial charge in [-0.1, -0.05) is 11.6 Å². The van der Waals surface area contributed by atoms with Crippen LogP contribution in [0.5, 0.6) is 0 Å². The van der Waals surface area contributed by atoms with Crippen LogP contribution >= 0.6 is 55.2 Å². The minimum Gasteiger partial charge on any atom is -0.457 e. The number of carbonyl (C=O) groups excluding carboxylic acids is 3. The Morgan fingerprint density at radius 3 is 2.60 bits per heavy atom. The highest BCUT2D eigenvalue weighted by Gasteiger charge is 2.36. The quantitative estimate of drug-likeness (QED) is 0.180. The van der Waals surface area contributed by atoms with E-state index < -0.39 is 28.5 Å². The number of thioether (sulfide) groups is 1. The molecular weight excluding hydrogens is 630 g/mol. The van der Waals surface area contributed by atoms with Crippen molar-refractivity contribution in [2.45, 2.75) is 0 Å². The van der Waals surface area contributed by atoms with Crippen LogP contribution in [0.25, 0.3) is 17.4 Å². The standard InChI is InChI=1S/C22H12Br2ClN3O6S/c23-15-5-1-11(7-17(15)25)26-20(29)10-27-21(30)19(35-22(27)31)9-13-3-6-18(34-13)14-4-2-12(28(32)33)8-16(14)24/h1-9H,10H2,(H,26,29)/b19-9+. The second kappa shape index (κ2) is 10.4. The van der Waals surface area contributed by atoms with Crippen molar-refractivity contribution in [1.82, 2.24) is 4.90 Å². The van der Waals surface area contributed by atoms with Gasteiger partial charge in [-0.05, 0) is 80.0 Å². The van der Waals surface area contributed by atoms with Crippen molar-refractivity contribution in [3.8, 4) is 11.3 Å². The maximum Gasteiger partial charge on any atom is 0.294 e. The third-order valence-electron chi connectivity index (χ3n) is 4.71. The molecule has 0 spiro atoms. The fourth-order valence-corrected chi connectivity index (χ4v) is 4.88. The number of anilines is 1. The summed E-state index contributed by atoms with van der Waals surface area (Å²) in [5, 5.41) is 13.3. The van der Waals surface area contributed by atoms with Gasteiger partial charge in [-0.15, -0.1) is 0 Å². The van der Waals surface area contributed by atoms with Gasteiger partial charge in [0.25, 0.3) is 16.8 Å². The first-order chi connectivity index (χ1) is 16.6. The van der Waals surface area contributed by atoms with Crippen LogP contribution < -0.4 is 5.32 Å². The van der Waals surface area contributed by atoms with Gasteiger partial charge < -0.3 is 9.73 Å². The van der Waals surface area contributed by atoms with E-state index in [1.807, 2.05) is 0 Å². The van der Waals surface area contributed by atoms with E-state index in [9.17, 15) is 24.5 Å². The molecule has 2 heterocycles. The van der Waals surface area contributed by atoms with Gasteiger partial charge >= 0.3 is 0 Å². The lowest BCUT2D eigenvalue weighted by atomic mass is 10.1. The summed E-state index contributed by atoms with van der Waals surface area (Å²) < 4.78 is 6.87. The molecule has 0 unspecified atom stereocenters. The number of non-ortho nitro benzene ring substituents is 1. The summed E-state index contributed by atoms with van der Waals surface area (Å²) in [6.45, 7) is -0.463. The van der Waals surface area contributed by atoms with Crippen molar-refractivity contribution in [3.63, 3.8) is 0 Å². The SMILES string of the molecule is O=C(CN1C(=O)S/C(=C/c2ccc(-c3ccc([N+](=O)[O-])cc3Br)o2)C1=O)Nc1ccc(Br)c(Cl)c1. The van der Waals surface area contributed by atoms with Gasteiger partial charge in [0.1, 0.15) is 18.1 Å². The number of halogens is 3. The number of nitro groups is 1. The molecular formula is C22H12Br2ClN3O6S. The van der Waals surface area contributed by atoms with Crippen LogP contribution in [0.3, 0.4) is 0 Å². The Labute approximate surface area is 223 Å². The zero-order chi connectivity index (χ0) is 25.3. The molecule has 13 heteroatoms. The smallest absolute Gasteiger partial charge is 0.294 e. The van der Waals surface area contributed by atoms with E-state index in [4.69, 9.17) is 16.0 Å². The van der Waals surface area contributed by atoms with Crippen molar-refractivity contribution in [3.05, 3.63) is 83.3 Å². The van der Waals surface area contributed by atoms with Gasteiger partial charge in [0.05, 0.1) is 14.9 Å². The molecule has 0 bridgehead atoms. The zero-order valence-corrected chi connectivity index (χ0v) is 22.0. The molecule has 0 aliphatic carbocycles. The summed E-state index contributed by atoms with van der Waals surface area (Å²) in [5.41, 5.74) is 0.924. The van der Waals surface area contributed by atoms with Crippen LogP contribution in [0, 0.1) is 10.1 Å². The fraction of sp³-hybridized carbons (Fsp3) is 0.0455. The third-order valence-corrected chi connectivity index (χ3v) is 7.50. The number of nitrogens with one attached hydrogen (secondary N) is 1. The highest BCUT2D eigenvalue weighted by molar-refractivity contribution is 9.11. The molecule has 3 aromatic rings. The second-order valence-corrected chi connectivity index (χ2v) is 10.2. The number of carbonyl (C=O) groups is 3. The van der Waals surface area contributed by atoms with Crippen LogP contribution in [0.1, 0.15) is 5.76 Å². The molecule has 0 saturated carbocycles. The molecule has 4 rings (SSSR count). The second-order valence-electron chi connectivity index (χ2n) is 7.07. The molecule has 3 amide bonds. The Morgan fingerprint density at radius 2 is 1.91 bits per heavy atom. The molecule has 178 valence electrons. The number of furan rings is 1. The highest BCUT2D eigenvalue weighted by atomic mass is 79.9. The molecule has 0 radical (unpaired) electrons. The third kappa shape index (κ3) is 5.67. The molecule has 1 fully saturated rings. The molecule has 1 N–H and O–H groups in total. The van der Waals surface area contributed by atoms with Crippen LogP contribution in [-0.2, 0) is 9.59 Å². The first-order valence-electron chi connectivity index (χ1n) is 9.67. The average Bonchev–Trinajstić information content (AvgIpc) is 3.36. The number of hydrogen-bond donors (Lipinski definition) is 1. The number of imide groups is 1. The minimum absolute atomic E-state index is 0.0756. The van der Waals surface area contributed by atoms with Gasteiger partial charge in [0.2, 0.25) is 5.91 Å². The van der Waals surface area contributed by atoms with E-state index in [-0.39, 0.29) is 10.6 Å². The fourth-order valence-electron chi connectivity index (χ4n) is 3.08. The largest absolute Gasteiger partial charge is 0.457 e. The van der Waals surface area contributed by atoms with Gasteiger partial charge in [0, 0.05) is 38.4 Å². The van der Waals surface area contributed by atoms with E-state index in [1.165, 1.54) is 30.3 Å². The summed E-state index contributed by atoms with van der Waals surface area (Å²) in [6.07, 6.45) is 1.40. The van der Waals surface area contributed by atoms with Gasteiger partial charge in [-0.25, -0.2) is 0 Å². The number of nitrogens with zero attached hydrogens (tertiary/aromatic N) is 2. The predicted octanol–water partition coefficient (Wildman–Crippen LogP) is 6.71. The number of nitro benzene ring substituents is 1. The number of amides is 3. The highest BCUT2D eigenvalue weighted by Crippen LogP contribution is 2.35. The van der Waals surface area contributed by atoms with E-state index in [0.717, 1.165) is 4.90 Å². The van der Waals surface area contributed by atoms with E-state index in [0.29, 0.717) is 48.5 Å². The number of benzene rings is 2. The first-order valence-corrected chi connectivity index (χ1v) is 12.4. The summed E-state index contributed by atoms with van der Waals surface area (Å²) in [7, 11) is 0. The molecule has 1 saturated heterocycles. The van der Waals surface area contributed by atoms with Crippen LogP contribution in [0.15, 0.2) is 66.8 Å². The Bertz CT molecular complexity index is 1420. The minimum atomic E-state index is -0.626. The summed E-state index contributed by atoms with van der Waals surface area (Å²) in [4.78, 5) is 48.8. The van der Waals surface area contributed by atoms with Crippen molar-refractivity contribution in [2.75, 3.05) is 11.9 Å². The lowest BCUT2D eigenvalue weighted by molar-refractivity contribution is -0.384. The topological polar surface area (TPSA) is 123 Å². The summed E-state index contributed by atoms with van der Waals surface area (Å²) in [6, 6.07) is 12.3. The molecule has 2 aromatic carbocycles. The Morgan fingerprint density at radius 1 is 1.14 bits per heavy atom. The van der Waals surface area contributed by atoms with Crippen LogP contribution in [0.2, 0.25) is 5.02 Å². The average molecular weight is 642 g/mol. The van der Waals surface area contributed by atoms with Crippen molar-refractivity contribution in [2.24, 2.45) is 0 Å². The van der Waals surface area contributed by atoms with Crippen LogP contribution in [0.4, 0.5) is 16.2 Å². The van der Waals surface area contributed by atoms with E-state index >= 15 is 0 Å². The maximum absolute atomic E-state index is 12.7. The Kier molecular flexibility index (Phi) is 7.45. The van der Waals surface area contributed by atoms with Gasteiger partial charge in [-0.2, -0.15) is 0 Å². The molecule has 35 heavy (non-hydrogen) atoms. The Balaban J connectivity index is 1.46. The number of rotatable bonds is 6. The van der Waals surface area contributed by atoms with Gasteiger partial charge in [0.15, 0.2) is 0 Å². The molecule has 1 aliphatic heterocycles. The lowest BCUT2D eigenvalue weighted by Gasteiger charge is -2.12. The first kappa shape index (κ1) is 25.2. The maximum atomic E-state index is 12.7. The van der Waals surface area contributed by atoms with Crippen molar-refractivity contribution >= 4 is 89.7 Å². The van der Waals surface area contributed by atoms with E-state index in [1.54, 1.807) is 24.3 Å². The molecule has 9 nitrogen and oxygen atoms in total. The zero-order valence-electron chi connectivity index (χ0n) is 17.3. The van der Waals surface area contributed by atoms with E-state index in [2.05, 4.69) is 37.2 Å². The van der Waals surface area contributed by atoms with Gasteiger partial charge in [-0.3, -0.25) is 29.4 Å². The number of hydrogen-bond acceptors (Lipinski definition) is 7. The molecule has 0 atom stereocenters. The van der Waals surface area contributed by atoms with Crippen LogP contribution in [-0.4, -0.2) is 33.4 Å². The Hall–Kier alpha value is -2.93. The predicted molar refractivity (Wildman–Crippen MR) is 139 cm³/mol. The van der Waals surface area contributed by atoms with Crippen molar-refractivity contribution < 1.29 is 23.7 Å². The molecule has 1 aromatic heterocycles. The molecule has 1 aliphatic rings. The lowest BCUT2D eigenvalue weighted by Crippen LogP contribution is -2.36. The normalized spacial score (nSPS) is 14.6.